The van der Waals surface area contributed by atoms with Crippen molar-refractivity contribution >= 4 is 5.91 Å². The van der Waals surface area contributed by atoms with Gasteiger partial charge in [-0.3, -0.25) is 4.79 Å². The van der Waals surface area contributed by atoms with Gasteiger partial charge in [0.05, 0.1) is 0 Å². The fourth-order valence-corrected chi connectivity index (χ4v) is 1.83. The lowest BCUT2D eigenvalue weighted by Crippen LogP contribution is -2.28. The van der Waals surface area contributed by atoms with Crippen molar-refractivity contribution in [3.8, 4) is 6.07 Å². The number of nitriles is 1. The SMILES string of the molecule is CCCCN(/C=C(/C#N)C(=O)NCCCOCC)CCC. The molecule has 0 aliphatic carbocycles. The lowest BCUT2D eigenvalue weighted by atomic mass is 10.2. The van der Waals surface area contributed by atoms with E-state index in [4.69, 9.17) is 10.00 Å². The highest BCUT2D eigenvalue weighted by Crippen LogP contribution is 2.02. The molecule has 0 aromatic heterocycles. The molecule has 0 aliphatic rings. The summed E-state index contributed by atoms with van der Waals surface area (Å²) in [5.74, 6) is -0.299. The molecule has 120 valence electrons. The summed E-state index contributed by atoms with van der Waals surface area (Å²) in [6.07, 6.45) is 5.60. The molecule has 0 rings (SSSR count). The lowest BCUT2D eigenvalue weighted by Gasteiger charge is -2.19. The Bertz CT molecular complexity index is 348. The van der Waals surface area contributed by atoms with Gasteiger partial charge >= 0.3 is 0 Å². The molecule has 1 amide bonds. The summed E-state index contributed by atoms with van der Waals surface area (Å²) in [5.41, 5.74) is 0.177. The average molecular weight is 295 g/mol. The quantitative estimate of drug-likeness (QED) is 0.341. The maximum atomic E-state index is 12.0. The molecule has 0 radical (unpaired) electrons. The van der Waals surface area contributed by atoms with Gasteiger partial charge in [0.1, 0.15) is 11.6 Å². The van der Waals surface area contributed by atoms with Gasteiger partial charge < -0.3 is 15.0 Å². The predicted molar refractivity (Wildman–Crippen MR) is 84.6 cm³/mol. The molecule has 0 spiro atoms. The van der Waals surface area contributed by atoms with Crippen molar-refractivity contribution in [3.05, 3.63) is 11.8 Å². The molecule has 5 heteroatoms. The molecule has 0 bridgehead atoms. The summed E-state index contributed by atoms with van der Waals surface area (Å²) in [7, 11) is 0. The third-order valence-corrected chi connectivity index (χ3v) is 2.94. The molecule has 0 atom stereocenters. The number of carbonyl (C=O) groups is 1. The van der Waals surface area contributed by atoms with Crippen molar-refractivity contribution in [1.82, 2.24) is 10.2 Å². The fraction of sp³-hybridized carbons (Fsp3) is 0.750. The van der Waals surface area contributed by atoms with Gasteiger partial charge in [-0.05, 0) is 26.2 Å². The van der Waals surface area contributed by atoms with Gasteiger partial charge in [-0.2, -0.15) is 5.26 Å². The molecule has 0 saturated carbocycles. The Kier molecular flexibility index (Phi) is 12.5. The smallest absolute Gasteiger partial charge is 0.263 e. The van der Waals surface area contributed by atoms with Gasteiger partial charge in [-0.15, -0.1) is 0 Å². The number of hydrogen-bond donors (Lipinski definition) is 1. The van der Waals surface area contributed by atoms with Gasteiger partial charge in [-0.1, -0.05) is 20.3 Å². The number of nitrogens with zero attached hydrogens (tertiary/aromatic N) is 2. The Morgan fingerprint density at radius 1 is 1.24 bits per heavy atom. The van der Waals surface area contributed by atoms with E-state index >= 15 is 0 Å². The van der Waals surface area contributed by atoms with Crippen LogP contribution >= 0.6 is 0 Å². The Morgan fingerprint density at radius 2 is 2.00 bits per heavy atom. The first-order valence-electron chi connectivity index (χ1n) is 7.91. The summed E-state index contributed by atoms with van der Waals surface area (Å²) < 4.78 is 5.20. The second-order valence-corrected chi connectivity index (χ2v) is 4.85. The van der Waals surface area contributed by atoms with Crippen molar-refractivity contribution in [2.45, 2.75) is 46.5 Å². The molecule has 1 N–H and O–H groups in total. The topological polar surface area (TPSA) is 65.4 Å². The average Bonchev–Trinajstić information content (AvgIpc) is 2.49. The molecule has 0 aromatic rings. The van der Waals surface area contributed by atoms with E-state index in [9.17, 15) is 4.79 Å². The van der Waals surface area contributed by atoms with Crippen molar-refractivity contribution < 1.29 is 9.53 Å². The molecule has 5 nitrogen and oxygen atoms in total. The van der Waals surface area contributed by atoms with Crippen LogP contribution in [0.3, 0.4) is 0 Å². The van der Waals surface area contributed by atoms with Crippen LogP contribution in [0.5, 0.6) is 0 Å². The van der Waals surface area contributed by atoms with E-state index < -0.39 is 0 Å². The number of carbonyl (C=O) groups excluding carboxylic acids is 1. The van der Waals surface area contributed by atoms with Crippen LogP contribution in [0.25, 0.3) is 0 Å². The van der Waals surface area contributed by atoms with E-state index in [0.717, 1.165) is 38.8 Å². The minimum absolute atomic E-state index is 0.177. The van der Waals surface area contributed by atoms with E-state index in [1.807, 2.05) is 13.0 Å². The van der Waals surface area contributed by atoms with Gasteiger partial charge in [0, 0.05) is 39.0 Å². The second kappa shape index (κ2) is 13.4. The van der Waals surface area contributed by atoms with E-state index in [1.165, 1.54) is 0 Å². The van der Waals surface area contributed by atoms with Crippen molar-refractivity contribution in [2.75, 3.05) is 32.8 Å². The molecule has 0 aromatic carbocycles. The Morgan fingerprint density at radius 3 is 2.57 bits per heavy atom. The summed E-state index contributed by atoms with van der Waals surface area (Å²) in [6, 6.07) is 2.00. The van der Waals surface area contributed by atoms with Crippen molar-refractivity contribution in [1.29, 1.82) is 5.26 Å². The number of nitrogens with one attached hydrogen (secondary N) is 1. The second-order valence-electron chi connectivity index (χ2n) is 4.85. The zero-order valence-electron chi connectivity index (χ0n) is 13.7. The van der Waals surface area contributed by atoms with E-state index in [2.05, 4.69) is 24.1 Å². The minimum Gasteiger partial charge on any atom is -0.382 e. The van der Waals surface area contributed by atoms with Crippen LogP contribution in [-0.4, -0.2) is 43.7 Å². The summed E-state index contributed by atoms with van der Waals surface area (Å²) in [6.45, 7) is 9.74. The normalized spacial score (nSPS) is 11.0. The number of unbranched alkanes of at least 4 members (excludes halogenated alkanes) is 1. The zero-order valence-corrected chi connectivity index (χ0v) is 13.7. The Hall–Kier alpha value is -1.54. The molecular formula is C16H29N3O2. The highest BCUT2D eigenvalue weighted by Gasteiger charge is 2.10. The number of rotatable bonds is 12. The van der Waals surface area contributed by atoms with Crippen LogP contribution in [0.1, 0.15) is 46.5 Å². The first kappa shape index (κ1) is 19.5. The molecule has 0 saturated heterocycles. The minimum atomic E-state index is -0.299. The van der Waals surface area contributed by atoms with E-state index in [-0.39, 0.29) is 11.5 Å². The van der Waals surface area contributed by atoms with Crippen LogP contribution in [0.2, 0.25) is 0 Å². The highest BCUT2D eigenvalue weighted by molar-refractivity contribution is 5.97. The van der Waals surface area contributed by atoms with Gasteiger partial charge in [0.15, 0.2) is 0 Å². The zero-order chi connectivity index (χ0) is 15.9. The number of amides is 1. The Labute approximate surface area is 129 Å². The van der Waals surface area contributed by atoms with Crippen LogP contribution in [0.15, 0.2) is 11.8 Å². The molecular weight excluding hydrogens is 266 g/mol. The maximum absolute atomic E-state index is 12.0. The Balaban J connectivity index is 4.38. The van der Waals surface area contributed by atoms with Crippen LogP contribution in [-0.2, 0) is 9.53 Å². The third kappa shape index (κ3) is 9.91. The molecule has 0 fully saturated rings. The number of hydrogen-bond acceptors (Lipinski definition) is 4. The van der Waals surface area contributed by atoms with Crippen LogP contribution < -0.4 is 5.32 Å². The van der Waals surface area contributed by atoms with E-state index in [0.29, 0.717) is 19.8 Å². The van der Waals surface area contributed by atoms with Gasteiger partial charge in [-0.25, -0.2) is 0 Å². The lowest BCUT2D eigenvalue weighted by molar-refractivity contribution is -0.117. The highest BCUT2D eigenvalue weighted by atomic mass is 16.5. The standard InChI is InChI=1S/C16H29N3O2/c1-4-7-11-19(10-5-2)14-15(13-17)16(20)18-9-8-12-21-6-3/h14H,4-12H2,1-3H3,(H,18,20)/b15-14-. The summed E-state index contributed by atoms with van der Waals surface area (Å²) >= 11 is 0. The molecule has 0 aliphatic heterocycles. The monoisotopic (exact) mass is 295 g/mol. The first-order valence-corrected chi connectivity index (χ1v) is 7.91. The third-order valence-electron chi connectivity index (χ3n) is 2.94. The van der Waals surface area contributed by atoms with Crippen molar-refractivity contribution in [3.63, 3.8) is 0 Å². The van der Waals surface area contributed by atoms with Crippen LogP contribution in [0.4, 0.5) is 0 Å². The van der Waals surface area contributed by atoms with Crippen molar-refractivity contribution in [2.24, 2.45) is 0 Å². The molecule has 0 unspecified atom stereocenters. The molecule has 0 heterocycles. The summed E-state index contributed by atoms with van der Waals surface area (Å²) in [4.78, 5) is 14.0. The number of ether oxygens (including phenoxy) is 1. The predicted octanol–water partition coefficient (Wildman–Crippen LogP) is 2.45. The van der Waals surface area contributed by atoms with Gasteiger partial charge in [0.25, 0.3) is 5.91 Å². The summed E-state index contributed by atoms with van der Waals surface area (Å²) in [5, 5.41) is 11.9. The first-order chi connectivity index (χ1) is 10.2. The fourth-order valence-electron chi connectivity index (χ4n) is 1.83. The molecule has 21 heavy (non-hydrogen) atoms. The largest absolute Gasteiger partial charge is 0.382 e. The van der Waals surface area contributed by atoms with E-state index in [1.54, 1.807) is 6.20 Å². The maximum Gasteiger partial charge on any atom is 0.263 e. The van der Waals surface area contributed by atoms with Crippen LogP contribution in [0, 0.1) is 11.3 Å². The van der Waals surface area contributed by atoms with Gasteiger partial charge in [0.2, 0.25) is 0 Å².